The Hall–Kier alpha value is -1.47. The molecule has 2 amide bonds. The number of nitrogens with one attached hydrogen (secondary N) is 1. The van der Waals surface area contributed by atoms with Crippen molar-refractivity contribution in [2.24, 2.45) is 5.92 Å². The summed E-state index contributed by atoms with van der Waals surface area (Å²) in [6, 6.07) is 4.90. The van der Waals surface area contributed by atoms with Gasteiger partial charge >= 0.3 is 6.18 Å². The van der Waals surface area contributed by atoms with Crippen LogP contribution in [0.2, 0.25) is 10.0 Å². The second-order valence-corrected chi connectivity index (χ2v) is 7.35. The molecule has 25 heavy (non-hydrogen) atoms. The molecule has 0 aliphatic carbocycles. The smallest absolute Gasteiger partial charge is 0.347 e. The maximum Gasteiger partial charge on any atom is 0.406 e. The zero-order valence-corrected chi connectivity index (χ0v) is 15.1. The first kappa shape index (κ1) is 19.8. The molecule has 4 nitrogen and oxygen atoms in total. The lowest BCUT2D eigenvalue weighted by atomic mass is 9.93. The highest BCUT2D eigenvalue weighted by Gasteiger charge is 2.41. The van der Waals surface area contributed by atoms with Crippen molar-refractivity contribution in [2.45, 2.75) is 32.0 Å². The molecular formula is C16H17Cl2F3N2O2. The van der Waals surface area contributed by atoms with E-state index in [1.165, 1.54) is 0 Å². The number of likely N-dealkylation sites (tertiary alicyclic amines) is 1. The molecule has 1 atom stereocenters. The van der Waals surface area contributed by atoms with Crippen LogP contribution in [0.15, 0.2) is 18.2 Å². The number of benzene rings is 1. The van der Waals surface area contributed by atoms with Crippen molar-refractivity contribution in [3.05, 3.63) is 33.8 Å². The number of halogens is 5. The molecule has 1 aliphatic rings. The van der Waals surface area contributed by atoms with E-state index in [0.29, 0.717) is 20.5 Å². The summed E-state index contributed by atoms with van der Waals surface area (Å²) in [5.41, 5.74) is -0.141. The van der Waals surface area contributed by atoms with Crippen LogP contribution in [0.25, 0.3) is 0 Å². The van der Waals surface area contributed by atoms with Gasteiger partial charge in [-0.05, 0) is 31.5 Å². The van der Waals surface area contributed by atoms with Crippen molar-refractivity contribution < 1.29 is 22.8 Å². The van der Waals surface area contributed by atoms with Gasteiger partial charge in [-0.3, -0.25) is 9.59 Å². The lowest BCUT2D eigenvalue weighted by Gasteiger charge is -2.28. The number of amides is 2. The predicted molar refractivity (Wildman–Crippen MR) is 88.4 cm³/mol. The zero-order chi connectivity index (χ0) is 19.0. The van der Waals surface area contributed by atoms with Gasteiger partial charge in [0.05, 0.1) is 21.5 Å². The Morgan fingerprint density at radius 2 is 1.92 bits per heavy atom. The van der Waals surface area contributed by atoms with Gasteiger partial charge in [0.25, 0.3) is 0 Å². The summed E-state index contributed by atoms with van der Waals surface area (Å²) in [7, 11) is 0. The molecule has 0 radical (unpaired) electrons. The van der Waals surface area contributed by atoms with E-state index in [-0.39, 0.29) is 13.0 Å². The van der Waals surface area contributed by atoms with Crippen LogP contribution >= 0.6 is 23.2 Å². The van der Waals surface area contributed by atoms with Crippen LogP contribution in [-0.4, -0.2) is 36.0 Å². The van der Waals surface area contributed by atoms with Gasteiger partial charge in [-0.2, -0.15) is 13.2 Å². The van der Waals surface area contributed by atoms with Crippen LogP contribution in [0.1, 0.15) is 25.8 Å². The number of hydrogen-bond acceptors (Lipinski definition) is 2. The molecule has 1 aliphatic heterocycles. The van der Waals surface area contributed by atoms with E-state index in [4.69, 9.17) is 23.2 Å². The van der Waals surface area contributed by atoms with Gasteiger partial charge in [-0.1, -0.05) is 29.3 Å². The molecule has 0 aromatic heterocycles. The maximum atomic E-state index is 12.5. The third-order valence-electron chi connectivity index (χ3n) is 4.03. The van der Waals surface area contributed by atoms with Crippen molar-refractivity contribution in [1.29, 1.82) is 0 Å². The monoisotopic (exact) mass is 396 g/mol. The molecule has 1 aromatic rings. The van der Waals surface area contributed by atoms with Gasteiger partial charge in [-0.15, -0.1) is 0 Å². The Bertz CT molecular complexity index is 692. The summed E-state index contributed by atoms with van der Waals surface area (Å²) in [4.78, 5) is 24.8. The molecule has 1 saturated heterocycles. The van der Waals surface area contributed by atoms with Gasteiger partial charge in [0, 0.05) is 13.0 Å². The quantitative estimate of drug-likeness (QED) is 0.842. The number of alkyl halides is 3. The summed E-state index contributed by atoms with van der Waals surface area (Å²) in [5, 5.41) is 3.46. The van der Waals surface area contributed by atoms with Crippen LogP contribution in [0, 0.1) is 5.92 Å². The summed E-state index contributed by atoms with van der Waals surface area (Å²) in [5.74, 6) is -1.98. The Labute approximate surface area is 153 Å². The molecular weight excluding hydrogens is 380 g/mol. The lowest BCUT2D eigenvalue weighted by molar-refractivity contribution is -0.157. The van der Waals surface area contributed by atoms with E-state index in [1.807, 2.05) is 0 Å². The molecule has 0 spiro atoms. The highest BCUT2D eigenvalue weighted by molar-refractivity contribution is 6.42. The van der Waals surface area contributed by atoms with Crippen LogP contribution in [-0.2, 0) is 15.1 Å². The molecule has 1 heterocycles. The topological polar surface area (TPSA) is 49.4 Å². The van der Waals surface area contributed by atoms with Gasteiger partial charge in [0.15, 0.2) is 0 Å². The van der Waals surface area contributed by atoms with Crippen molar-refractivity contribution in [1.82, 2.24) is 10.2 Å². The minimum atomic E-state index is -4.49. The Morgan fingerprint density at radius 1 is 1.28 bits per heavy atom. The maximum absolute atomic E-state index is 12.5. The fourth-order valence-electron chi connectivity index (χ4n) is 2.68. The van der Waals surface area contributed by atoms with E-state index < -0.39 is 36.0 Å². The third-order valence-corrected chi connectivity index (χ3v) is 4.77. The number of carbonyl (C=O) groups is 2. The fraction of sp³-hybridized carbons (Fsp3) is 0.500. The largest absolute Gasteiger partial charge is 0.406 e. The van der Waals surface area contributed by atoms with Crippen LogP contribution in [0.4, 0.5) is 13.2 Å². The van der Waals surface area contributed by atoms with Crippen molar-refractivity contribution >= 4 is 35.0 Å². The first-order chi connectivity index (χ1) is 11.4. The molecule has 1 fully saturated rings. The molecule has 1 aromatic carbocycles. The summed E-state index contributed by atoms with van der Waals surface area (Å²) >= 11 is 11.9. The minimum Gasteiger partial charge on any atom is -0.347 e. The summed E-state index contributed by atoms with van der Waals surface area (Å²) in [6.45, 7) is 1.87. The van der Waals surface area contributed by atoms with Crippen molar-refractivity contribution in [3.63, 3.8) is 0 Å². The molecule has 0 saturated carbocycles. The predicted octanol–water partition coefficient (Wildman–Crippen LogP) is 3.76. The molecule has 1 unspecified atom stereocenters. The number of hydrogen-bond donors (Lipinski definition) is 1. The Balaban J connectivity index is 2.06. The number of carbonyl (C=O) groups excluding carboxylic acids is 2. The van der Waals surface area contributed by atoms with E-state index >= 15 is 0 Å². The van der Waals surface area contributed by atoms with Gasteiger partial charge < -0.3 is 10.2 Å². The first-order valence-electron chi connectivity index (χ1n) is 7.51. The van der Waals surface area contributed by atoms with Gasteiger partial charge in [0.1, 0.15) is 6.54 Å². The van der Waals surface area contributed by atoms with E-state index in [9.17, 15) is 22.8 Å². The summed E-state index contributed by atoms with van der Waals surface area (Å²) in [6.07, 6.45) is -4.72. The summed E-state index contributed by atoms with van der Waals surface area (Å²) < 4.78 is 37.4. The third kappa shape index (κ3) is 5.01. The van der Waals surface area contributed by atoms with Crippen molar-refractivity contribution in [3.8, 4) is 0 Å². The normalized spacial score (nSPS) is 18.6. The van der Waals surface area contributed by atoms with Crippen LogP contribution < -0.4 is 5.32 Å². The Kier molecular flexibility index (Phi) is 5.59. The molecule has 9 heteroatoms. The van der Waals surface area contributed by atoms with E-state index in [1.54, 1.807) is 32.0 Å². The lowest BCUT2D eigenvalue weighted by Crippen LogP contribution is -2.45. The fourth-order valence-corrected chi connectivity index (χ4v) is 2.98. The second kappa shape index (κ2) is 7.03. The SMILES string of the molecule is CC(C)(NC(=O)C1CC(=O)N(CC(F)(F)F)C1)c1ccc(Cl)c(Cl)c1. The van der Waals surface area contributed by atoms with E-state index in [0.717, 1.165) is 0 Å². The number of nitrogens with zero attached hydrogens (tertiary/aromatic N) is 1. The minimum absolute atomic E-state index is 0.237. The first-order valence-corrected chi connectivity index (χ1v) is 8.27. The standard InChI is InChI=1S/C16H17Cl2F3N2O2/c1-15(2,10-3-4-11(17)12(18)6-10)22-14(25)9-5-13(24)23(7-9)8-16(19,20)21/h3-4,6,9H,5,7-8H2,1-2H3,(H,22,25). The van der Waals surface area contributed by atoms with Crippen LogP contribution in [0.5, 0.6) is 0 Å². The zero-order valence-electron chi connectivity index (χ0n) is 13.6. The molecule has 0 bridgehead atoms. The van der Waals surface area contributed by atoms with E-state index in [2.05, 4.69) is 5.32 Å². The van der Waals surface area contributed by atoms with Crippen molar-refractivity contribution in [2.75, 3.05) is 13.1 Å². The highest BCUT2D eigenvalue weighted by atomic mass is 35.5. The highest BCUT2D eigenvalue weighted by Crippen LogP contribution is 2.30. The Morgan fingerprint density at radius 3 is 2.48 bits per heavy atom. The molecule has 1 N–H and O–H groups in total. The number of rotatable bonds is 4. The van der Waals surface area contributed by atoms with Gasteiger partial charge in [0.2, 0.25) is 11.8 Å². The van der Waals surface area contributed by atoms with Gasteiger partial charge in [-0.25, -0.2) is 0 Å². The van der Waals surface area contributed by atoms with Crippen LogP contribution in [0.3, 0.4) is 0 Å². The molecule has 138 valence electrons. The average molecular weight is 397 g/mol. The average Bonchev–Trinajstić information content (AvgIpc) is 2.80. The second-order valence-electron chi connectivity index (χ2n) is 6.53. The molecule has 2 rings (SSSR count).